The van der Waals surface area contributed by atoms with Crippen LogP contribution in [-0.2, 0) is 21.0 Å². The van der Waals surface area contributed by atoms with Crippen LogP contribution in [0.4, 0.5) is 4.79 Å². The highest BCUT2D eigenvalue weighted by atomic mass is 16.7. The minimum Gasteiger partial charge on any atom is -0.445 e. The number of nitrogens with one attached hydrogen (secondary N) is 1. The Hall–Kier alpha value is -2.08. The number of hydrogen-bond donors (Lipinski definition) is 1. The van der Waals surface area contributed by atoms with Crippen molar-refractivity contribution >= 4 is 12.0 Å². The fourth-order valence-corrected chi connectivity index (χ4v) is 2.71. The van der Waals surface area contributed by atoms with E-state index >= 15 is 0 Å². The van der Waals surface area contributed by atoms with E-state index in [1.807, 2.05) is 30.3 Å². The average molecular weight is 306 g/mol. The van der Waals surface area contributed by atoms with Gasteiger partial charge in [0.1, 0.15) is 12.1 Å². The summed E-state index contributed by atoms with van der Waals surface area (Å²) in [4.78, 5) is 29.4. The Bertz CT molecular complexity index is 512. The highest BCUT2D eigenvalue weighted by molar-refractivity contribution is 5.89. The Labute approximate surface area is 130 Å². The second-order valence-corrected chi connectivity index (χ2v) is 5.46. The molecule has 1 aromatic carbocycles. The lowest BCUT2D eigenvalue weighted by atomic mass is 9.96. The minimum atomic E-state index is -0.918. The van der Waals surface area contributed by atoms with Crippen molar-refractivity contribution in [2.24, 2.45) is 0 Å². The Morgan fingerprint density at radius 1 is 1.23 bits per heavy atom. The molecule has 120 valence electrons. The molecule has 6 heteroatoms. The topological polar surface area (TPSA) is 67.9 Å². The zero-order chi connectivity index (χ0) is 16.0. The molecule has 1 N–H and O–H groups in total. The normalized spacial score (nSPS) is 16.1. The van der Waals surface area contributed by atoms with Gasteiger partial charge in [0.15, 0.2) is 0 Å². The van der Waals surface area contributed by atoms with Crippen LogP contribution in [0, 0.1) is 0 Å². The van der Waals surface area contributed by atoms with Crippen LogP contribution in [0.1, 0.15) is 31.2 Å². The molecule has 0 radical (unpaired) electrons. The molecule has 0 atom stereocenters. The summed E-state index contributed by atoms with van der Waals surface area (Å²) in [5.41, 5.74) is -0.0168. The quantitative estimate of drug-likeness (QED) is 0.847. The first kappa shape index (κ1) is 16.3. The van der Waals surface area contributed by atoms with E-state index in [1.54, 1.807) is 7.05 Å². The molecule has 22 heavy (non-hydrogen) atoms. The molecule has 1 fully saturated rings. The van der Waals surface area contributed by atoms with Gasteiger partial charge < -0.3 is 10.1 Å². The Morgan fingerprint density at radius 3 is 2.45 bits per heavy atom. The Balaban J connectivity index is 1.96. The van der Waals surface area contributed by atoms with E-state index in [0.717, 1.165) is 23.5 Å². The van der Waals surface area contributed by atoms with Crippen molar-refractivity contribution in [3.8, 4) is 0 Å². The van der Waals surface area contributed by atoms with Gasteiger partial charge in [0.25, 0.3) is 5.91 Å². The molecule has 2 rings (SSSR count). The number of hydrogen-bond acceptors (Lipinski definition) is 4. The molecule has 1 saturated carbocycles. The van der Waals surface area contributed by atoms with Gasteiger partial charge in [0, 0.05) is 7.05 Å². The maximum Gasteiger partial charge on any atom is 0.408 e. The molecule has 2 amide bonds. The van der Waals surface area contributed by atoms with Crippen molar-refractivity contribution in [2.75, 3.05) is 14.2 Å². The molecular formula is C16H22N2O4. The van der Waals surface area contributed by atoms with Crippen LogP contribution in [0.3, 0.4) is 0 Å². The van der Waals surface area contributed by atoms with Crippen LogP contribution in [-0.4, -0.2) is 36.8 Å². The first-order valence-corrected chi connectivity index (χ1v) is 7.38. The maximum absolute atomic E-state index is 12.4. The molecule has 6 nitrogen and oxygen atoms in total. The van der Waals surface area contributed by atoms with Gasteiger partial charge >= 0.3 is 6.09 Å². The summed E-state index contributed by atoms with van der Waals surface area (Å²) >= 11 is 0. The standard InChI is InChI=1S/C16H22N2O4/c1-18(21-2)14(19)16(10-6-7-11-16)17-15(20)22-12-13-8-4-3-5-9-13/h3-5,8-9H,6-7,10-12H2,1-2H3,(H,17,20). The molecule has 0 aromatic heterocycles. The van der Waals surface area contributed by atoms with Crippen molar-refractivity contribution in [1.82, 2.24) is 10.4 Å². The zero-order valence-corrected chi connectivity index (χ0v) is 13.0. The highest BCUT2D eigenvalue weighted by Gasteiger charge is 2.44. The second kappa shape index (κ2) is 7.26. The predicted molar refractivity (Wildman–Crippen MR) is 80.7 cm³/mol. The van der Waals surface area contributed by atoms with E-state index in [0.29, 0.717) is 12.8 Å². The van der Waals surface area contributed by atoms with Gasteiger partial charge in [-0.1, -0.05) is 43.2 Å². The van der Waals surface area contributed by atoms with Crippen LogP contribution in [0.5, 0.6) is 0 Å². The zero-order valence-electron chi connectivity index (χ0n) is 13.0. The number of likely N-dealkylation sites (N-methyl/N-ethyl adjacent to an activating group) is 1. The van der Waals surface area contributed by atoms with Crippen LogP contribution >= 0.6 is 0 Å². The van der Waals surface area contributed by atoms with Gasteiger partial charge in [-0.25, -0.2) is 9.86 Å². The van der Waals surface area contributed by atoms with Crippen LogP contribution in [0.15, 0.2) is 30.3 Å². The predicted octanol–water partition coefficient (Wildman–Crippen LogP) is 2.25. The summed E-state index contributed by atoms with van der Waals surface area (Å²) in [6.45, 7) is 0.178. The summed E-state index contributed by atoms with van der Waals surface area (Å²) in [7, 11) is 2.97. The van der Waals surface area contributed by atoms with E-state index in [4.69, 9.17) is 9.57 Å². The molecule has 0 spiro atoms. The van der Waals surface area contributed by atoms with Crippen molar-refractivity contribution in [3.05, 3.63) is 35.9 Å². The van der Waals surface area contributed by atoms with E-state index < -0.39 is 11.6 Å². The highest BCUT2D eigenvalue weighted by Crippen LogP contribution is 2.31. The summed E-state index contributed by atoms with van der Waals surface area (Å²) in [6.07, 6.45) is 2.40. The number of carbonyl (C=O) groups excluding carboxylic acids is 2. The van der Waals surface area contributed by atoms with Gasteiger partial charge in [-0.15, -0.1) is 0 Å². The molecular weight excluding hydrogens is 284 g/mol. The lowest BCUT2D eigenvalue weighted by molar-refractivity contribution is -0.176. The van der Waals surface area contributed by atoms with Gasteiger partial charge in [0.2, 0.25) is 0 Å². The van der Waals surface area contributed by atoms with E-state index in [1.165, 1.54) is 7.11 Å². The first-order valence-electron chi connectivity index (χ1n) is 7.38. The van der Waals surface area contributed by atoms with Crippen molar-refractivity contribution < 1.29 is 19.2 Å². The Morgan fingerprint density at radius 2 is 1.86 bits per heavy atom. The van der Waals surface area contributed by atoms with Crippen molar-refractivity contribution in [2.45, 2.75) is 37.8 Å². The molecule has 1 aromatic rings. The average Bonchev–Trinajstić information content (AvgIpc) is 3.02. The third-order valence-corrected chi connectivity index (χ3v) is 3.98. The Kier molecular flexibility index (Phi) is 5.38. The minimum absolute atomic E-state index is 0.178. The molecule has 1 aliphatic rings. The smallest absolute Gasteiger partial charge is 0.408 e. The lowest BCUT2D eigenvalue weighted by Gasteiger charge is -2.31. The molecule has 1 aliphatic carbocycles. The third kappa shape index (κ3) is 3.76. The number of nitrogens with zero attached hydrogens (tertiary/aromatic N) is 1. The molecule has 0 unspecified atom stereocenters. The lowest BCUT2D eigenvalue weighted by Crippen LogP contribution is -2.57. The summed E-state index contributed by atoms with van der Waals surface area (Å²) in [5.74, 6) is -0.246. The van der Waals surface area contributed by atoms with Crippen molar-refractivity contribution in [1.29, 1.82) is 0 Å². The number of rotatable bonds is 5. The molecule has 0 aliphatic heterocycles. The molecule has 0 heterocycles. The van der Waals surface area contributed by atoms with Gasteiger partial charge in [-0.3, -0.25) is 9.63 Å². The largest absolute Gasteiger partial charge is 0.445 e. The second-order valence-electron chi connectivity index (χ2n) is 5.46. The molecule has 0 bridgehead atoms. The van der Waals surface area contributed by atoms with Crippen LogP contribution in [0.2, 0.25) is 0 Å². The fourth-order valence-electron chi connectivity index (χ4n) is 2.71. The number of carbonyl (C=O) groups is 2. The molecule has 0 saturated heterocycles. The first-order chi connectivity index (χ1) is 10.6. The monoisotopic (exact) mass is 306 g/mol. The van der Waals surface area contributed by atoms with E-state index in [2.05, 4.69) is 5.32 Å². The number of hydroxylamine groups is 2. The number of amides is 2. The van der Waals surface area contributed by atoms with Gasteiger partial charge in [-0.2, -0.15) is 0 Å². The van der Waals surface area contributed by atoms with E-state index in [-0.39, 0.29) is 12.5 Å². The van der Waals surface area contributed by atoms with Crippen LogP contribution in [0.25, 0.3) is 0 Å². The van der Waals surface area contributed by atoms with Gasteiger partial charge in [-0.05, 0) is 18.4 Å². The summed E-state index contributed by atoms with van der Waals surface area (Å²) in [5, 5.41) is 3.90. The maximum atomic E-state index is 12.4. The fraction of sp³-hybridized carbons (Fsp3) is 0.500. The van der Waals surface area contributed by atoms with E-state index in [9.17, 15) is 9.59 Å². The third-order valence-electron chi connectivity index (χ3n) is 3.98. The SMILES string of the molecule is CON(C)C(=O)C1(NC(=O)OCc2ccccc2)CCCC1. The number of alkyl carbamates (subject to hydrolysis) is 1. The number of ether oxygens (including phenoxy) is 1. The number of benzene rings is 1. The van der Waals surface area contributed by atoms with Gasteiger partial charge in [0.05, 0.1) is 7.11 Å². The summed E-state index contributed by atoms with van der Waals surface area (Å²) < 4.78 is 5.22. The van der Waals surface area contributed by atoms with Crippen LogP contribution < -0.4 is 5.32 Å². The van der Waals surface area contributed by atoms with Crippen molar-refractivity contribution in [3.63, 3.8) is 0 Å². The summed E-state index contributed by atoms with van der Waals surface area (Å²) in [6, 6.07) is 9.42.